The molecule has 7 nitrogen and oxygen atoms in total. The average molecular weight is 361 g/mol. The first-order chi connectivity index (χ1) is 10.4. The minimum absolute atomic E-state index is 0.0155. The molecule has 1 heterocycles. The van der Waals surface area contributed by atoms with E-state index < -0.39 is 10.0 Å². The monoisotopic (exact) mass is 360 g/mol. The first-order valence-corrected chi connectivity index (χ1v) is 8.90. The van der Waals surface area contributed by atoms with Gasteiger partial charge < -0.3 is 5.32 Å². The third-order valence-electron chi connectivity index (χ3n) is 2.52. The Morgan fingerprint density at radius 1 is 1.36 bits per heavy atom. The van der Waals surface area contributed by atoms with Crippen LogP contribution in [0.4, 0.5) is 5.13 Å². The summed E-state index contributed by atoms with van der Waals surface area (Å²) in [6.45, 7) is 1.74. The van der Waals surface area contributed by atoms with Crippen LogP contribution in [0, 0.1) is 6.92 Å². The van der Waals surface area contributed by atoms with E-state index in [-0.39, 0.29) is 23.8 Å². The van der Waals surface area contributed by atoms with Crippen LogP contribution in [-0.4, -0.2) is 31.1 Å². The van der Waals surface area contributed by atoms with E-state index in [9.17, 15) is 13.2 Å². The highest BCUT2D eigenvalue weighted by molar-refractivity contribution is 7.89. The second-order valence-corrected chi connectivity index (χ2v) is 7.66. The van der Waals surface area contributed by atoms with Crippen LogP contribution >= 0.6 is 22.9 Å². The molecular formula is C12H13ClN4O3S2. The van der Waals surface area contributed by atoms with Crippen molar-refractivity contribution < 1.29 is 13.2 Å². The van der Waals surface area contributed by atoms with E-state index >= 15 is 0 Å². The second-order valence-electron chi connectivity index (χ2n) is 4.28. The fourth-order valence-electron chi connectivity index (χ4n) is 1.55. The third-order valence-corrected chi connectivity index (χ3v) is 4.97. The number of aromatic nitrogens is 2. The van der Waals surface area contributed by atoms with Gasteiger partial charge in [0, 0.05) is 18.0 Å². The SMILES string of the molecule is Cc1nnc(NC(=O)CCNS(=O)(=O)c2cccc(Cl)c2)s1. The zero-order valence-electron chi connectivity index (χ0n) is 11.5. The first-order valence-electron chi connectivity index (χ1n) is 6.22. The number of nitrogens with zero attached hydrogens (tertiary/aromatic N) is 2. The predicted molar refractivity (Wildman–Crippen MR) is 84.5 cm³/mol. The van der Waals surface area contributed by atoms with E-state index in [1.165, 1.54) is 23.5 Å². The van der Waals surface area contributed by atoms with Crippen LogP contribution in [0.5, 0.6) is 0 Å². The van der Waals surface area contributed by atoms with Crippen molar-refractivity contribution in [1.29, 1.82) is 0 Å². The Morgan fingerprint density at radius 3 is 2.77 bits per heavy atom. The predicted octanol–water partition coefficient (Wildman–Crippen LogP) is 1.81. The number of halogens is 1. The van der Waals surface area contributed by atoms with Gasteiger partial charge >= 0.3 is 0 Å². The number of anilines is 1. The molecular weight excluding hydrogens is 348 g/mol. The molecule has 0 bridgehead atoms. The number of aryl methyl sites for hydroxylation is 1. The quantitative estimate of drug-likeness (QED) is 0.818. The summed E-state index contributed by atoms with van der Waals surface area (Å²) in [6, 6.07) is 5.89. The number of hydrogen-bond donors (Lipinski definition) is 2. The lowest BCUT2D eigenvalue weighted by molar-refractivity contribution is -0.116. The topological polar surface area (TPSA) is 101 Å². The van der Waals surface area contributed by atoms with Crippen molar-refractivity contribution in [3.05, 3.63) is 34.3 Å². The van der Waals surface area contributed by atoms with E-state index in [1.54, 1.807) is 19.1 Å². The van der Waals surface area contributed by atoms with Crippen LogP contribution in [0.2, 0.25) is 5.02 Å². The lowest BCUT2D eigenvalue weighted by Crippen LogP contribution is -2.27. The Bertz CT molecular complexity index is 776. The fraction of sp³-hybridized carbons (Fsp3) is 0.250. The summed E-state index contributed by atoms with van der Waals surface area (Å²) in [6.07, 6.45) is -0.0155. The van der Waals surface area contributed by atoms with Crippen molar-refractivity contribution in [3.63, 3.8) is 0 Å². The minimum atomic E-state index is -3.69. The van der Waals surface area contributed by atoms with Gasteiger partial charge in [-0.05, 0) is 25.1 Å². The molecule has 2 N–H and O–H groups in total. The third kappa shape index (κ3) is 4.73. The number of nitrogens with one attached hydrogen (secondary N) is 2. The number of amides is 1. The summed E-state index contributed by atoms with van der Waals surface area (Å²) in [5, 5.41) is 11.5. The molecule has 10 heteroatoms. The van der Waals surface area contributed by atoms with Crippen molar-refractivity contribution in [2.75, 3.05) is 11.9 Å². The van der Waals surface area contributed by atoms with Gasteiger partial charge in [-0.25, -0.2) is 13.1 Å². The van der Waals surface area contributed by atoms with Gasteiger partial charge in [0.25, 0.3) is 0 Å². The number of carbonyl (C=O) groups is 1. The maximum Gasteiger partial charge on any atom is 0.240 e. The Labute approximate surface area is 136 Å². The molecule has 1 aromatic carbocycles. The lowest BCUT2D eigenvalue weighted by atomic mass is 10.4. The summed E-state index contributed by atoms with van der Waals surface area (Å²) >= 11 is 7.01. The van der Waals surface area contributed by atoms with Gasteiger partial charge in [0.05, 0.1) is 4.90 Å². The molecule has 118 valence electrons. The van der Waals surface area contributed by atoms with Crippen LogP contribution in [0.15, 0.2) is 29.2 Å². The second kappa shape index (κ2) is 7.14. The van der Waals surface area contributed by atoms with Gasteiger partial charge in [-0.2, -0.15) is 0 Å². The zero-order chi connectivity index (χ0) is 16.2. The molecule has 1 amide bonds. The van der Waals surface area contributed by atoms with Crippen molar-refractivity contribution in [2.24, 2.45) is 0 Å². The summed E-state index contributed by atoms with van der Waals surface area (Å²) in [5.74, 6) is -0.343. The van der Waals surface area contributed by atoms with Gasteiger partial charge in [0.15, 0.2) is 0 Å². The van der Waals surface area contributed by atoms with Gasteiger partial charge in [-0.3, -0.25) is 4.79 Å². The van der Waals surface area contributed by atoms with Crippen molar-refractivity contribution in [1.82, 2.24) is 14.9 Å². The minimum Gasteiger partial charge on any atom is -0.300 e. The van der Waals surface area contributed by atoms with Gasteiger partial charge in [-0.15, -0.1) is 10.2 Å². The van der Waals surface area contributed by atoms with Crippen LogP contribution in [0.3, 0.4) is 0 Å². The van der Waals surface area contributed by atoms with Crippen LogP contribution in [0.1, 0.15) is 11.4 Å². The Kier molecular flexibility index (Phi) is 5.46. The highest BCUT2D eigenvalue weighted by atomic mass is 35.5. The van der Waals surface area contributed by atoms with Crippen molar-refractivity contribution >= 4 is 44.0 Å². The first kappa shape index (κ1) is 16.8. The summed E-state index contributed by atoms with van der Waals surface area (Å²) in [7, 11) is -3.69. The molecule has 1 aromatic heterocycles. The number of sulfonamides is 1. The van der Waals surface area contributed by atoms with Crippen LogP contribution in [-0.2, 0) is 14.8 Å². The van der Waals surface area contributed by atoms with E-state index in [1.807, 2.05) is 0 Å². The molecule has 2 aromatic rings. The molecule has 0 radical (unpaired) electrons. The van der Waals surface area contributed by atoms with E-state index in [2.05, 4.69) is 20.2 Å². The number of carbonyl (C=O) groups excluding carboxylic acids is 1. The van der Waals surface area contributed by atoms with E-state index in [4.69, 9.17) is 11.6 Å². The molecule has 0 fully saturated rings. The normalized spacial score (nSPS) is 11.4. The Hall–Kier alpha value is -1.55. The Morgan fingerprint density at radius 2 is 2.14 bits per heavy atom. The van der Waals surface area contributed by atoms with E-state index in [0.717, 1.165) is 5.01 Å². The molecule has 0 spiro atoms. The smallest absolute Gasteiger partial charge is 0.240 e. The van der Waals surface area contributed by atoms with Crippen molar-refractivity contribution in [3.8, 4) is 0 Å². The fourth-order valence-corrected chi connectivity index (χ4v) is 3.49. The summed E-state index contributed by atoms with van der Waals surface area (Å²) in [4.78, 5) is 11.7. The standard InChI is InChI=1S/C12H13ClN4O3S2/c1-8-16-17-12(21-8)15-11(18)5-6-14-22(19,20)10-4-2-3-9(13)7-10/h2-4,7,14H,5-6H2,1H3,(H,15,17,18). The molecule has 0 aliphatic rings. The van der Waals surface area contributed by atoms with Gasteiger partial charge in [0.2, 0.25) is 21.1 Å². The lowest BCUT2D eigenvalue weighted by Gasteiger charge is -2.06. The summed E-state index contributed by atoms with van der Waals surface area (Å²) < 4.78 is 26.4. The number of hydrogen-bond acceptors (Lipinski definition) is 6. The van der Waals surface area contributed by atoms with Crippen LogP contribution < -0.4 is 10.0 Å². The maximum atomic E-state index is 12.0. The zero-order valence-corrected chi connectivity index (χ0v) is 13.9. The van der Waals surface area contributed by atoms with Gasteiger partial charge in [-0.1, -0.05) is 29.0 Å². The maximum absolute atomic E-state index is 12.0. The number of rotatable bonds is 6. The molecule has 0 atom stereocenters. The van der Waals surface area contributed by atoms with Crippen LogP contribution in [0.25, 0.3) is 0 Å². The molecule has 0 saturated carbocycles. The highest BCUT2D eigenvalue weighted by Crippen LogP contribution is 2.15. The molecule has 22 heavy (non-hydrogen) atoms. The highest BCUT2D eigenvalue weighted by Gasteiger charge is 2.14. The summed E-state index contributed by atoms with van der Waals surface area (Å²) in [5.41, 5.74) is 0. The molecule has 0 aliphatic heterocycles. The van der Waals surface area contributed by atoms with Crippen molar-refractivity contribution in [2.45, 2.75) is 18.2 Å². The average Bonchev–Trinajstić information content (AvgIpc) is 2.84. The molecule has 0 aliphatic carbocycles. The molecule has 2 rings (SSSR count). The molecule has 0 unspecified atom stereocenters. The molecule has 0 saturated heterocycles. The Balaban J connectivity index is 1.86. The van der Waals surface area contributed by atoms with E-state index in [0.29, 0.717) is 10.2 Å². The van der Waals surface area contributed by atoms with Gasteiger partial charge in [0.1, 0.15) is 5.01 Å². The number of benzene rings is 1. The largest absolute Gasteiger partial charge is 0.300 e.